The van der Waals surface area contributed by atoms with Gasteiger partial charge in [0.2, 0.25) is 0 Å². The van der Waals surface area contributed by atoms with Crippen molar-refractivity contribution in [2.45, 2.75) is 34.2 Å². The Morgan fingerprint density at radius 1 is 0.750 bits per heavy atom. The molecule has 4 rings (SSSR count). The molecule has 1 aliphatic heterocycles. The second-order valence-corrected chi connectivity index (χ2v) is 8.38. The molecule has 0 saturated carbocycles. The molecule has 1 aliphatic rings. The van der Waals surface area contributed by atoms with E-state index in [-0.39, 0.29) is 11.8 Å². The number of benzene rings is 3. The van der Waals surface area contributed by atoms with Crippen LogP contribution in [0.2, 0.25) is 0 Å². The van der Waals surface area contributed by atoms with Crippen LogP contribution in [0.5, 0.6) is 0 Å². The SMILES string of the molecule is CCN(Cc1ccccc1)C1=C(c2ccc(C)cc2)C(=O)N(c2cc(C)cc(C)c2)C1=O. The van der Waals surface area contributed by atoms with E-state index in [0.29, 0.717) is 30.0 Å². The maximum Gasteiger partial charge on any atom is 0.282 e. The van der Waals surface area contributed by atoms with E-state index < -0.39 is 0 Å². The van der Waals surface area contributed by atoms with Crippen LogP contribution < -0.4 is 4.90 Å². The van der Waals surface area contributed by atoms with Gasteiger partial charge in [0.15, 0.2) is 0 Å². The lowest BCUT2D eigenvalue weighted by molar-refractivity contribution is -0.120. The Kier molecular flexibility index (Phi) is 5.95. The molecule has 0 fully saturated rings. The van der Waals surface area contributed by atoms with E-state index in [0.717, 1.165) is 27.8 Å². The number of nitrogens with zero attached hydrogens (tertiary/aromatic N) is 2. The molecule has 3 aromatic rings. The van der Waals surface area contributed by atoms with Gasteiger partial charge < -0.3 is 4.90 Å². The lowest BCUT2D eigenvalue weighted by atomic mass is 10.0. The van der Waals surface area contributed by atoms with Gasteiger partial charge in [-0.3, -0.25) is 9.59 Å². The number of hydrogen-bond acceptors (Lipinski definition) is 3. The molecule has 0 aromatic heterocycles. The lowest BCUT2D eigenvalue weighted by Crippen LogP contribution is -2.35. The third kappa shape index (κ3) is 4.09. The summed E-state index contributed by atoms with van der Waals surface area (Å²) in [7, 11) is 0. The number of aryl methyl sites for hydroxylation is 3. The van der Waals surface area contributed by atoms with Crippen LogP contribution in [0.1, 0.15) is 34.7 Å². The van der Waals surface area contributed by atoms with Gasteiger partial charge in [0.1, 0.15) is 5.70 Å². The van der Waals surface area contributed by atoms with Crippen molar-refractivity contribution in [3.05, 3.63) is 106 Å². The Morgan fingerprint density at radius 3 is 1.97 bits per heavy atom. The number of imide groups is 1. The van der Waals surface area contributed by atoms with Gasteiger partial charge >= 0.3 is 0 Å². The summed E-state index contributed by atoms with van der Waals surface area (Å²) in [5.41, 5.74) is 6.54. The molecule has 0 saturated heterocycles. The molecule has 32 heavy (non-hydrogen) atoms. The monoisotopic (exact) mass is 424 g/mol. The van der Waals surface area contributed by atoms with Crippen molar-refractivity contribution >= 4 is 23.1 Å². The molecule has 162 valence electrons. The van der Waals surface area contributed by atoms with Crippen LogP contribution in [0.25, 0.3) is 5.57 Å². The third-order valence-electron chi connectivity index (χ3n) is 5.78. The summed E-state index contributed by atoms with van der Waals surface area (Å²) in [5, 5.41) is 0. The summed E-state index contributed by atoms with van der Waals surface area (Å²) in [4.78, 5) is 30.9. The van der Waals surface area contributed by atoms with Crippen molar-refractivity contribution in [1.82, 2.24) is 4.90 Å². The van der Waals surface area contributed by atoms with Gasteiger partial charge in [-0.25, -0.2) is 4.90 Å². The number of amides is 2. The van der Waals surface area contributed by atoms with Crippen LogP contribution in [0.15, 0.2) is 78.5 Å². The first-order valence-corrected chi connectivity index (χ1v) is 11.0. The zero-order valence-corrected chi connectivity index (χ0v) is 19.1. The molecule has 4 nitrogen and oxygen atoms in total. The van der Waals surface area contributed by atoms with Crippen LogP contribution in [0, 0.1) is 20.8 Å². The Balaban J connectivity index is 1.85. The second-order valence-electron chi connectivity index (χ2n) is 8.38. The van der Waals surface area contributed by atoms with Gasteiger partial charge in [0.05, 0.1) is 11.3 Å². The molecule has 1 heterocycles. The Bertz CT molecular complexity index is 1170. The molecule has 4 heteroatoms. The first-order chi connectivity index (χ1) is 15.4. The highest BCUT2D eigenvalue weighted by atomic mass is 16.2. The van der Waals surface area contributed by atoms with E-state index in [2.05, 4.69) is 0 Å². The van der Waals surface area contributed by atoms with Gasteiger partial charge in [0, 0.05) is 13.1 Å². The highest BCUT2D eigenvalue weighted by Crippen LogP contribution is 2.36. The summed E-state index contributed by atoms with van der Waals surface area (Å²) >= 11 is 0. The molecular weight excluding hydrogens is 396 g/mol. The maximum atomic E-state index is 13.8. The maximum absolute atomic E-state index is 13.8. The number of rotatable bonds is 6. The molecular formula is C28H28N2O2. The number of likely N-dealkylation sites (N-methyl/N-ethyl adjacent to an activating group) is 1. The summed E-state index contributed by atoms with van der Waals surface area (Å²) in [6.07, 6.45) is 0. The average molecular weight is 425 g/mol. The van der Waals surface area contributed by atoms with Gasteiger partial charge in [0.25, 0.3) is 11.8 Å². The molecule has 0 spiro atoms. The predicted molar refractivity (Wildman–Crippen MR) is 129 cm³/mol. The zero-order chi connectivity index (χ0) is 22.8. The number of carbonyl (C=O) groups is 2. The van der Waals surface area contributed by atoms with Crippen molar-refractivity contribution in [3.63, 3.8) is 0 Å². The molecule has 3 aromatic carbocycles. The Labute approximate surface area is 189 Å². The number of hydrogen-bond donors (Lipinski definition) is 0. The Hall–Kier alpha value is -3.66. The van der Waals surface area contributed by atoms with E-state index in [1.807, 2.05) is 105 Å². The largest absolute Gasteiger partial charge is 0.362 e. The smallest absolute Gasteiger partial charge is 0.282 e. The summed E-state index contributed by atoms with van der Waals surface area (Å²) in [5.74, 6) is -0.543. The van der Waals surface area contributed by atoms with Crippen molar-refractivity contribution in [2.75, 3.05) is 11.4 Å². The summed E-state index contributed by atoms with van der Waals surface area (Å²) in [6.45, 7) is 9.15. The van der Waals surface area contributed by atoms with Gasteiger partial charge in [-0.05, 0) is 62.1 Å². The molecule has 0 bridgehead atoms. The number of carbonyl (C=O) groups excluding carboxylic acids is 2. The molecule has 0 atom stereocenters. The van der Waals surface area contributed by atoms with E-state index in [4.69, 9.17) is 0 Å². The first-order valence-electron chi connectivity index (χ1n) is 11.0. The highest BCUT2D eigenvalue weighted by molar-refractivity contribution is 6.45. The summed E-state index contributed by atoms with van der Waals surface area (Å²) < 4.78 is 0. The van der Waals surface area contributed by atoms with Crippen LogP contribution in [0.3, 0.4) is 0 Å². The topological polar surface area (TPSA) is 40.6 Å². The third-order valence-corrected chi connectivity index (χ3v) is 5.78. The Morgan fingerprint density at radius 2 is 1.38 bits per heavy atom. The molecule has 0 aliphatic carbocycles. The van der Waals surface area contributed by atoms with Crippen molar-refractivity contribution in [3.8, 4) is 0 Å². The quantitative estimate of drug-likeness (QED) is 0.496. The van der Waals surface area contributed by atoms with E-state index in [1.54, 1.807) is 0 Å². The fourth-order valence-corrected chi connectivity index (χ4v) is 4.26. The predicted octanol–water partition coefficient (Wildman–Crippen LogP) is 5.42. The standard InChI is InChI=1S/C28H28N2O2/c1-5-29(18-22-9-7-6-8-10-22)26-25(23-13-11-19(2)12-14-23)27(31)30(28(26)32)24-16-20(3)15-21(4)17-24/h6-17H,5,18H2,1-4H3. The van der Waals surface area contributed by atoms with Crippen molar-refractivity contribution < 1.29 is 9.59 Å². The molecule has 2 amide bonds. The van der Waals surface area contributed by atoms with Gasteiger partial charge in [-0.15, -0.1) is 0 Å². The van der Waals surface area contributed by atoms with Crippen LogP contribution >= 0.6 is 0 Å². The highest BCUT2D eigenvalue weighted by Gasteiger charge is 2.42. The first kappa shape index (κ1) is 21.6. The number of anilines is 1. The second kappa shape index (κ2) is 8.83. The fourth-order valence-electron chi connectivity index (χ4n) is 4.26. The minimum absolute atomic E-state index is 0.270. The molecule has 0 N–H and O–H groups in total. The fraction of sp³-hybridized carbons (Fsp3) is 0.214. The normalized spacial score (nSPS) is 13.8. The van der Waals surface area contributed by atoms with Crippen LogP contribution in [-0.4, -0.2) is 23.3 Å². The van der Waals surface area contributed by atoms with Gasteiger partial charge in [-0.2, -0.15) is 0 Å². The van der Waals surface area contributed by atoms with Crippen LogP contribution in [0.4, 0.5) is 5.69 Å². The molecule has 0 unspecified atom stereocenters. The minimum Gasteiger partial charge on any atom is -0.362 e. The lowest BCUT2D eigenvalue weighted by Gasteiger charge is -2.25. The van der Waals surface area contributed by atoms with E-state index in [1.165, 1.54) is 4.90 Å². The van der Waals surface area contributed by atoms with E-state index >= 15 is 0 Å². The average Bonchev–Trinajstić information content (AvgIpc) is 3.02. The van der Waals surface area contributed by atoms with Crippen molar-refractivity contribution in [1.29, 1.82) is 0 Å². The zero-order valence-electron chi connectivity index (χ0n) is 19.1. The molecule has 0 radical (unpaired) electrons. The van der Waals surface area contributed by atoms with E-state index in [9.17, 15) is 9.59 Å². The van der Waals surface area contributed by atoms with Crippen molar-refractivity contribution in [2.24, 2.45) is 0 Å². The summed E-state index contributed by atoms with van der Waals surface area (Å²) in [6, 6.07) is 23.7. The van der Waals surface area contributed by atoms with Crippen LogP contribution in [-0.2, 0) is 16.1 Å². The van der Waals surface area contributed by atoms with Gasteiger partial charge in [-0.1, -0.05) is 66.2 Å². The minimum atomic E-state index is -0.273.